The minimum absolute atomic E-state index is 0. The summed E-state index contributed by atoms with van der Waals surface area (Å²) in [6.45, 7) is 0. The summed E-state index contributed by atoms with van der Waals surface area (Å²) < 4.78 is 0. The summed E-state index contributed by atoms with van der Waals surface area (Å²) in [7, 11) is -1.15. The van der Waals surface area contributed by atoms with Gasteiger partial charge in [-0.05, 0) is 97.7 Å². The molecule has 0 unspecified atom stereocenters. The second kappa shape index (κ2) is 19.6. The van der Waals surface area contributed by atoms with Crippen molar-refractivity contribution < 1.29 is 17.1 Å². The largest absolute Gasteiger partial charge is 2.00 e. The molecular formula is C43H46FeP2. The first kappa shape index (κ1) is 37.4. The molecule has 0 saturated carbocycles. The average Bonchev–Trinajstić information content (AvgIpc) is 3.81. The molecule has 0 N–H and O–H groups in total. The van der Waals surface area contributed by atoms with Crippen LogP contribution in [-0.4, -0.2) is 0 Å². The molecule has 46 heavy (non-hydrogen) atoms. The first-order chi connectivity index (χ1) is 21.4. The Kier molecular flexibility index (Phi) is 15.9. The Balaban J connectivity index is 0.000000660. The summed E-state index contributed by atoms with van der Waals surface area (Å²) in [5.41, 5.74) is 1.50. The van der Waals surface area contributed by atoms with Crippen molar-refractivity contribution in [3.63, 3.8) is 0 Å². The predicted octanol–water partition coefficient (Wildman–Crippen LogP) is 10.0. The molecule has 0 amide bonds. The number of hydrogen-bond acceptors (Lipinski definition) is 0. The Hall–Kier alpha value is -3.04. The molecule has 5 aromatic rings. The number of rotatable bonds is 8. The van der Waals surface area contributed by atoms with E-state index in [1.54, 1.807) is 5.31 Å². The molecule has 0 spiro atoms. The number of allylic oxidation sites excluding steroid dienone is 4. The molecule has 0 radical (unpaired) electrons. The first-order valence-corrected chi connectivity index (χ1v) is 18.3. The van der Waals surface area contributed by atoms with E-state index >= 15 is 0 Å². The molecule has 0 aliphatic heterocycles. The quantitative estimate of drug-likeness (QED) is 0.0663. The van der Waals surface area contributed by atoms with Gasteiger partial charge in [-0.1, -0.05) is 164 Å². The molecule has 0 fully saturated rings. The fourth-order valence-electron chi connectivity index (χ4n) is 6.17. The maximum absolute atomic E-state index is 2.57. The van der Waals surface area contributed by atoms with Gasteiger partial charge in [-0.3, -0.25) is 0 Å². The van der Waals surface area contributed by atoms with Gasteiger partial charge in [0.05, 0.1) is 0 Å². The Morgan fingerprint density at radius 1 is 0.478 bits per heavy atom. The van der Waals surface area contributed by atoms with Crippen molar-refractivity contribution >= 4 is 42.4 Å². The third-order valence-corrected chi connectivity index (χ3v) is 13.5. The number of benzene rings is 5. The molecule has 236 valence electrons. The van der Waals surface area contributed by atoms with Crippen LogP contribution in [0.25, 0.3) is 0 Å². The normalized spacial score (nSPS) is 14.7. The fourth-order valence-corrected chi connectivity index (χ4v) is 11.4. The molecule has 7 rings (SSSR count). The third-order valence-electron chi connectivity index (χ3n) is 8.21. The SMILES string of the molecule is C1=C(P(c2ccccc2)c2ccccc2)[C@H](Cc2ccccc2P(c2ccccc2)c2ccccc2)CC1.C1=CCCC1.[CH3-].[CH3-].[Fe+2]. The molecular weight excluding hydrogens is 634 g/mol. The maximum atomic E-state index is 2.57. The molecule has 0 heterocycles. The zero-order valence-corrected chi connectivity index (χ0v) is 30.0. The van der Waals surface area contributed by atoms with Gasteiger partial charge in [0.2, 0.25) is 0 Å². The molecule has 0 nitrogen and oxygen atoms in total. The summed E-state index contributed by atoms with van der Waals surface area (Å²) in [6, 6.07) is 53.8. The van der Waals surface area contributed by atoms with E-state index in [2.05, 4.69) is 164 Å². The Morgan fingerprint density at radius 2 is 0.891 bits per heavy atom. The molecule has 2 aliphatic carbocycles. The van der Waals surface area contributed by atoms with Crippen molar-refractivity contribution in [2.24, 2.45) is 5.92 Å². The van der Waals surface area contributed by atoms with Crippen LogP contribution in [0.5, 0.6) is 0 Å². The van der Waals surface area contributed by atoms with E-state index in [1.165, 1.54) is 64.2 Å². The third kappa shape index (κ3) is 9.50. The van der Waals surface area contributed by atoms with Crippen LogP contribution in [0.1, 0.15) is 37.7 Å². The minimum Gasteiger partial charge on any atom is -0.358 e. The molecule has 5 aromatic carbocycles. The predicted molar refractivity (Wildman–Crippen MR) is 205 cm³/mol. The first-order valence-electron chi connectivity index (χ1n) is 15.6. The molecule has 0 saturated heterocycles. The van der Waals surface area contributed by atoms with Crippen LogP contribution < -0.4 is 26.5 Å². The smallest absolute Gasteiger partial charge is 0.358 e. The standard InChI is InChI=1S/C36H32P2.C5H8.2CH3.Fe/c1-5-18-31(19-6-1)37(32-20-7-2-8-21-32)35-26-14-13-16-29(35)28-30-17-15-27-36(30)38(33-22-9-3-10-23-33)34-24-11-4-12-25-34;1-2-4-5-3-1;;;/h1-14,16,18-27,30H,15,17,28H2;1-2H,3-5H2;2*1H3;/q;;2*-1;+2/t30-;;;;/m0..../s1. The van der Waals surface area contributed by atoms with E-state index in [-0.39, 0.29) is 31.9 Å². The van der Waals surface area contributed by atoms with Gasteiger partial charge in [-0.25, -0.2) is 0 Å². The Labute approximate surface area is 292 Å². The minimum atomic E-state index is -0.618. The van der Waals surface area contributed by atoms with Crippen LogP contribution in [-0.2, 0) is 23.5 Å². The summed E-state index contributed by atoms with van der Waals surface area (Å²) in [6.07, 6.45) is 14.6. The van der Waals surface area contributed by atoms with Crippen molar-refractivity contribution in [2.45, 2.75) is 38.5 Å². The van der Waals surface area contributed by atoms with Crippen molar-refractivity contribution in [3.05, 3.63) is 190 Å². The van der Waals surface area contributed by atoms with E-state index in [1.807, 2.05) is 0 Å². The van der Waals surface area contributed by atoms with Gasteiger partial charge in [0, 0.05) is 0 Å². The van der Waals surface area contributed by atoms with Crippen LogP contribution in [0, 0.1) is 20.8 Å². The van der Waals surface area contributed by atoms with Gasteiger partial charge >= 0.3 is 17.1 Å². The summed E-state index contributed by atoms with van der Waals surface area (Å²) in [4.78, 5) is 0. The monoisotopic (exact) mass is 680 g/mol. The van der Waals surface area contributed by atoms with E-state index < -0.39 is 15.8 Å². The zero-order valence-electron chi connectivity index (χ0n) is 27.2. The Bertz CT molecular complexity index is 1530. The molecule has 2 aliphatic rings. The van der Waals surface area contributed by atoms with Crippen LogP contribution in [0.2, 0.25) is 0 Å². The summed E-state index contributed by atoms with van der Waals surface area (Å²) in [5.74, 6) is 0.561. The van der Waals surface area contributed by atoms with Crippen LogP contribution in [0.3, 0.4) is 0 Å². The van der Waals surface area contributed by atoms with Crippen molar-refractivity contribution in [3.8, 4) is 0 Å². The van der Waals surface area contributed by atoms with E-state index in [0.717, 1.165) is 6.42 Å². The topological polar surface area (TPSA) is 0 Å². The van der Waals surface area contributed by atoms with Crippen LogP contribution in [0.15, 0.2) is 169 Å². The summed E-state index contributed by atoms with van der Waals surface area (Å²) in [5, 5.41) is 8.89. The fraction of sp³-hybridized carbons (Fsp3) is 0.163. The van der Waals surface area contributed by atoms with E-state index in [0.29, 0.717) is 5.92 Å². The second-order valence-corrected chi connectivity index (χ2v) is 15.6. The van der Waals surface area contributed by atoms with Crippen LogP contribution in [0.4, 0.5) is 0 Å². The molecule has 0 bridgehead atoms. The van der Waals surface area contributed by atoms with Gasteiger partial charge < -0.3 is 14.9 Å². The van der Waals surface area contributed by atoms with Crippen molar-refractivity contribution in [1.82, 2.24) is 0 Å². The maximum Gasteiger partial charge on any atom is 2.00 e. The van der Waals surface area contributed by atoms with E-state index in [4.69, 9.17) is 0 Å². The van der Waals surface area contributed by atoms with E-state index in [9.17, 15) is 0 Å². The van der Waals surface area contributed by atoms with Gasteiger partial charge in [0.25, 0.3) is 0 Å². The summed E-state index contributed by atoms with van der Waals surface area (Å²) >= 11 is 0. The van der Waals surface area contributed by atoms with Gasteiger partial charge in [-0.2, -0.15) is 0 Å². The molecule has 0 aromatic heterocycles. The van der Waals surface area contributed by atoms with Crippen molar-refractivity contribution in [1.29, 1.82) is 0 Å². The van der Waals surface area contributed by atoms with Gasteiger partial charge in [-0.15, -0.1) is 0 Å². The molecule has 3 heteroatoms. The van der Waals surface area contributed by atoms with Gasteiger partial charge in [0.15, 0.2) is 0 Å². The van der Waals surface area contributed by atoms with Crippen molar-refractivity contribution in [2.75, 3.05) is 0 Å². The average molecular weight is 681 g/mol. The molecule has 1 atom stereocenters. The second-order valence-electron chi connectivity index (χ2n) is 11.2. The Morgan fingerprint density at radius 3 is 1.33 bits per heavy atom. The number of hydrogen-bond donors (Lipinski definition) is 0. The van der Waals surface area contributed by atoms with Crippen LogP contribution >= 0.6 is 15.8 Å². The van der Waals surface area contributed by atoms with Gasteiger partial charge in [0.1, 0.15) is 0 Å². The zero-order chi connectivity index (χ0) is 29.1.